The zero-order valence-electron chi connectivity index (χ0n) is 17.6. The second-order valence-electron chi connectivity index (χ2n) is 8.03. The molecule has 1 saturated heterocycles. The molecule has 0 unspecified atom stereocenters. The van der Waals surface area contributed by atoms with Crippen LogP contribution in [0.4, 0.5) is 16.2 Å². The minimum absolute atomic E-state index is 0.498. The molecular formula is C26H28N4O. The average molecular weight is 413 g/mol. The summed E-state index contributed by atoms with van der Waals surface area (Å²) in [6, 6.07) is 26.9. The number of anilines is 2. The van der Waals surface area contributed by atoms with Gasteiger partial charge >= 0.3 is 6.03 Å². The number of carbonyl (C=O) groups excluding carboxylic acids is 1. The first-order chi connectivity index (χ1) is 15.1. The van der Waals surface area contributed by atoms with Gasteiger partial charge in [0.25, 0.3) is 0 Å². The lowest BCUT2D eigenvalue weighted by molar-refractivity contribution is 0.256. The maximum Gasteiger partial charge on any atom is 0.323 e. The Morgan fingerprint density at radius 1 is 0.903 bits per heavy atom. The van der Waals surface area contributed by atoms with Crippen LogP contribution in [0.15, 0.2) is 84.9 Å². The van der Waals surface area contributed by atoms with E-state index in [1.165, 1.54) is 10.5 Å². The van der Waals surface area contributed by atoms with Gasteiger partial charge in [-0.15, -0.1) is 0 Å². The second kappa shape index (κ2) is 9.47. The first kappa shape index (κ1) is 20.7. The molecule has 0 saturated carbocycles. The van der Waals surface area contributed by atoms with Crippen LogP contribution in [0.3, 0.4) is 0 Å². The summed E-state index contributed by atoms with van der Waals surface area (Å²) in [6.07, 6.45) is 3.25. The van der Waals surface area contributed by atoms with Crippen LogP contribution in [0, 0.1) is 11.3 Å². The number of urea groups is 1. The highest BCUT2D eigenvalue weighted by atomic mass is 16.2. The Labute approximate surface area is 183 Å². The molecule has 0 atom stereocenters. The molecule has 1 fully saturated rings. The number of amidine groups is 1. The summed E-state index contributed by atoms with van der Waals surface area (Å²) in [5.74, 6) is 1.15. The van der Waals surface area contributed by atoms with Crippen molar-refractivity contribution in [1.29, 1.82) is 5.41 Å². The van der Waals surface area contributed by atoms with Gasteiger partial charge in [0.2, 0.25) is 0 Å². The summed E-state index contributed by atoms with van der Waals surface area (Å²) in [5.41, 5.74) is 9.22. The van der Waals surface area contributed by atoms with Crippen LogP contribution >= 0.6 is 0 Å². The molecule has 2 amide bonds. The monoisotopic (exact) mass is 412 g/mol. The molecule has 3 aromatic rings. The van der Waals surface area contributed by atoms with Crippen molar-refractivity contribution >= 4 is 23.2 Å². The number of benzene rings is 3. The Hall–Kier alpha value is -3.60. The molecule has 0 spiro atoms. The number of nitrogens with two attached hydrogens (primary N) is 1. The van der Waals surface area contributed by atoms with E-state index in [1.54, 1.807) is 0 Å². The van der Waals surface area contributed by atoms with Gasteiger partial charge in [-0.05, 0) is 55.0 Å². The van der Waals surface area contributed by atoms with Gasteiger partial charge in [-0.2, -0.15) is 0 Å². The van der Waals surface area contributed by atoms with Crippen LogP contribution in [0.1, 0.15) is 24.0 Å². The Balaban J connectivity index is 1.44. The second-order valence-corrected chi connectivity index (χ2v) is 8.03. The lowest BCUT2D eigenvalue weighted by Crippen LogP contribution is -2.39. The van der Waals surface area contributed by atoms with Crippen molar-refractivity contribution in [2.45, 2.75) is 19.3 Å². The SMILES string of the molecule is N=C(c1cccc(N(C(N)=O)c2ccccc2)c1)N1CCC(Cc2ccccc2)CC1. The molecular weight excluding hydrogens is 384 g/mol. The van der Waals surface area contributed by atoms with Crippen molar-refractivity contribution in [2.75, 3.05) is 18.0 Å². The molecule has 4 rings (SSSR count). The van der Waals surface area contributed by atoms with Crippen molar-refractivity contribution in [2.24, 2.45) is 11.7 Å². The molecule has 1 aliphatic heterocycles. The highest BCUT2D eigenvalue weighted by Gasteiger charge is 2.23. The van der Waals surface area contributed by atoms with Gasteiger partial charge < -0.3 is 10.6 Å². The summed E-state index contributed by atoms with van der Waals surface area (Å²) in [6.45, 7) is 1.75. The lowest BCUT2D eigenvalue weighted by Gasteiger charge is -2.34. The predicted octanol–water partition coefficient (Wildman–Crippen LogP) is 5.18. The van der Waals surface area contributed by atoms with Gasteiger partial charge in [-0.25, -0.2) is 4.79 Å². The zero-order valence-corrected chi connectivity index (χ0v) is 17.6. The number of primary amides is 1. The standard InChI is InChI=1S/C26H28N4O/c27-25(29-16-14-21(15-17-29)18-20-8-3-1-4-9-20)22-10-7-13-24(19-22)30(26(28)31)23-11-5-2-6-12-23/h1-13,19,21,27H,14-18H2,(H2,28,31). The molecule has 1 heterocycles. The van der Waals surface area contributed by atoms with Gasteiger partial charge in [0.1, 0.15) is 5.84 Å². The first-order valence-corrected chi connectivity index (χ1v) is 10.7. The zero-order chi connectivity index (χ0) is 21.6. The smallest absolute Gasteiger partial charge is 0.323 e. The third-order valence-electron chi connectivity index (χ3n) is 5.91. The van der Waals surface area contributed by atoms with Gasteiger partial charge in [0, 0.05) is 18.7 Å². The van der Waals surface area contributed by atoms with E-state index in [2.05, 4.69) is 35.2 Å². The van der Waals surface area contributed by atoms with E-state index in [0.717, 1.165) is 37.9 Å². The van der Waals surface area contributed by atoms with Gasteiger partial charge in [0.05, 0.1) is 11.4 Å². The molecule has 0 aliphatic carbocycles. The fourth-order valence-electron chi connectivity index (χ4n) is 4.26. The number of likely N-dealkylation sites (tertiary alicyclic amines) is 1. The molecule has 0 bridgehead atoms. The summed E-state index contributed by atoms with van der Waals surface area (Å²) in [4.78, 5) is 15.8. The molecule has 5 nitrogen and oxygen atoms in total. The number of nitrogens with zero attached hydrogens (tertiary/aromatic N) is 2. The third-order valence-corrected chi connectivity index (χ3v) is 5.91. The van der Waals surface area contributed by atoms with E-state index in [-0.39, 0.29) is 0 Å². The Morgan fingerprint density at radius 3 is 2.16 bits per heavy atom. The Bertz CT molecular complexity index is 1030. The third kappa shape index (κ3) is 4.94. The number of piperidine rings is 1. The predicted molar refractivity (Wildman–Crippen MR) is 126 cm³/mol. The van der Waals surface area contributed by atoms with Crippen molar-refractivity contribution in [3.05, 3.63) is 96.1 Å². The van der Waals surface area contributed by atoms with Crippen LogP contribution in [0.25, 0.3) is 0 Å². The number of rotatable bonds is 5. The Kier molecular flexibility index (Phi) is 6.32. The summed E-state index contributed by atoms with van der Waals surface area (Å²) >= 11 is 0. The molecule has 31 heavy (non-hydrogen) atoms. The fourth-order valence-corrected chi connectivity index (χ4v) is 4.26. The summed E-state index contributed by atoms with van der Waals surface area (Å²) < 4.78 is 0. The van der Waals surface area contributed by atoms with Crippen LogP contribution in [0.5, 0.6) is 0 Å². The van der Waals surface area contributed by atoms with Gasteiger partial charge in [-0.1, -0.05) is 60.7 Å². The van der Waals surface area contributed by atoms with Gasteiger partial charge in [0.15, 0.2) is 0 Å². The molecule has 3 N–H and O–H groups in total. The maximum atomic E-state index is 12.2. The van der Waals surface area contributed by atoms with Crippen LogP contribution in [-0.4, -0.2) is 29.9 Å². The van der Waals surface area contributed by atoms with Crippen LogP contribution < -0.4 is 10.6 Å². The van der Waals surface area contributed by atoms with Crippen LogP contribution in [0.2, 0.25) is 0 Å². The van der Waals surface area contributed by atoms with E-state index in [0.29, 0.717) is 23.1 Å². The summed E-state index contributed by atoms with van der Waals surface area (Å²) in [7, 11) is 0. The quantitative estimate of drug-likeness (QED) is 0.447. The number of hydrogen-bond donors (Lipinski definition) is 2. The number of nitrogens with one attached hydrogen (secondary N) is 1. The first-order valence-electron chi connectivity index (χ1n) is 10.7. The molecule has 158 valence electrons. The van der Waals surface area contributed by atoms with E-state index < -0.39 is 6.03 Å². The molecule has 1 aliphatic rings. The van der Waals surface area contributed by atoms with Crippen molar-refractivity contribution in [3.63, 3.8) is 0 Å². The Morgan fingerprint density at radius 2 is 1.52 bits per heavy atom. The summed E-state index contributed by atoms with van der Waals surface area (Å²) in [5, 5.41) is 8.75. The molecule has 0 radical (unpaired) electrons. The van der Waals surface area contributed by atoms with E-state index >= 15 is 0 Å². The maximum absolute atomic E-state index is 12.2. The highest BCUT2D eigenvalue weighted by Crippen LogP contribution is 2.27. The highest BCUT2D eigenvalue weighted by molar-refractivity contribution is 6.01. The number of amides is 2. The topological polar surface area (TPSA) is 73.4 Å². The average Bonchev–Trinajstić information content (AvgIpc) is 2.81. The number of carbonyl (C=O) groups is 1. The van der Waals surface area contributed by atoms with Crippen LogP contribution in [-0.2, 0) is 6.42 Å². The molecule has 3 aromatic carbocycles. The minimum atomic E-state index is -0.545. The van der Waals surface area contributed by atoms with E-state index in [9.17, 15) is 4.79 Å². The lowest BCUT2D eigenvalue weighted by atomic mass is 9.90. The van der Waals surface area contributed by atoms with Gasteiger partial charge in [-0.3, -0.25) is 10.3 Å². The number of hydrogen-bond acceptors (Lipinski definition) is 2. The fraction of sp³-hybridized carbons (Fsp3) is 0.231. The number of para-hydroxylation sites is 1. The molecule has 5 heteroatoms. The van der Waals surface area contributed by atoms with Crippen molar-refractivity contribution in [3.8, 4) is 0 Å². The molecule has 0 aromatic heterocycles. The van der Waals surface area contributed by atoms with E-state index in [4.69, 9.17) is 11.1 Å². The normalized spacial score (nSPS) is 14.3. The van der Waals surface area contributed by atoms with E-state index in [1.807, 2.05) is 54.6 Å². The van der Waals surface area contributed by atoms with Crippen molar-refractivity contribution < 1.29 is 4.79 Å². The van der Waals surface area contributed by atoms with Crippen molar-refractivity contribution in [1.82, 2.24) is 4.90 Å². The largest absolute Gasteiger partial charge is 0.357 e. The minimum Gasteiger partial charge on any atom is -0.357 e.